The van der Waals surface area contributed by atoms with Crippen molar-refractivity contribution < 1.29 is 18.7 Å². The van der Waals surface area contributed by atoms with E-state index in [0.717, 1.165) is 33.3 Å². The third-order valence-corrected chi connectivity index (χ3v) is 6.11. The maximum atomic E-state index is 13.1. The van der Waals surface area contributed by atoms with Gasteiger partial charge in [0.05, 0.1) is 5.69 Å². The average Bonchev–Trinajstić information content (AvgIpc) is 3.15. The van der Waals surface area contributed by atoms with E-state index in [2.05, 4.69) is 36.1 Å². The largest absolute Gasteiger partial charge is 0.448 e. The standard InChI is InChI=1S/C28H35N3O4/c1-19-16-21-22(18-20-10-8-7-9-11-20)25(26(32)29(5)6)34-24(21)23(17-19)30-12-14-31(15-13-30)27(33)35-28(2,3)4/h7-11,16-17H,12-15,18H2,1-6H3. The van der Waals surface area contributed by atoms with E-state index in [1.54, 1.807) is 23.9 Å². The number of nitrogens with zero attached hydrogens (tertiary/aromatic N) is 3. The van der Waals surface area contributed by atoms with Crippen molar-refractivity contribution >= 4 is 28.7 Å². The molecule has 2 aromatic carbocycles. The van der Waals surface area contributed by atoms with Gasteiger partial charge >= 0.3 is 6.09 Å². The van der Waals surface area contributed by atoms with Crippen molar-refractivity contribution in [3.63, 3.8) is 0 Å². The highest BCUT2D eigenvalue weighted by Crippen LogP contribution is 2.37. The SMILES string of the molecule is Cc1cc(N2CCN(C(=O)OC(C)(C)C)CC2)c2oc(C(=O)N(C)C)c(Cc3ccccc3)c2c1. The lowest BCUT2D eigenvalue weighted by atomic mass is 9.99. The lowest BCUT2D eigenvalue weighted by Crippen LogP contribution is -2.50. The summed E-state index contributed by atoms with van der Waals surface area (Å²) in [4.78, 5) is 31.1. The number of furan rings is 1. The molecule has 3 aromatic rings. The number of hydrogen-bond donors (Lipinski definition) is 0. The van der Waals surface area contributed by atoms with Gasteiger partial charge in [0.25, 0.3) is 5.91 Å². The number of aryl methyl sites for hydroxylation is 1. The fourth-order valence-electron chi connectivity index (χ4n) is 4.41. The van der Waals surface area contributed by atoms with Crippen molar-refractivity contribution in [3.8, 4) is 0 Å². The summed E-state index contributed by atoms with van der Waals surface area (Å²) in [6.45, 7) is 10.1. The molecular weight excluding hydrogens is 442 g/mol. The van der Waals surface area contributed by atoms with E-state index in [-0.39, 0.29) is 12.0 Å². The van der Waals surface area contributed by atoms with Crippen molar-refractivity contribution in [2.45, 2.75) is 39.7 Å². The first-order chi connectivity index (χ1) is 16.5. The highest BCUT2D eigenvalue weighted by atomic mass is 16.6. The number of carbonyl (C=O) groups is 2. The van der Waals surface area contributed by atoms with Gasteiger partial charge < -0.3 is 23.9 Å². The highest BCUT2D eigenvalue weighted by molar-refractivity contribution is 6.02. The molecule has 0 N–H and O–H groups in total. The monoisotopic (exact) mass is 477 g/mol. The average molecular weight is 478 g/mol. The molecule has 0 spiro atoms. The Morgan fingerprint density at radius 1 is 1.03 bits per heavy atom. The molecule has 4 rings (SSSR count). The van der Waals surface area contributed by atoms with Crippen LogP contribution in [0, 0.1) is 6.92 Å². The predicted octanol–water partition coefficient (Wildman–Crippen LogP) is 5.09. The molecule has 35 heavy (non-hydrogen) atoms. The van der Waals surface area contributed by atoms with Crippen LogP contribution < -0.4 is 4.90 Å². The van der Waals surface area contributed by atoms with Crippen molar-refractivity contribution in [1.82, 2.24) is 9.80 Å². The highest BCUT2D eigenvalue weighted by Gasteiger charge is 2.29. The van der Waals surface area contributed by atoms with Crippen LogP contribution in [-0.2, 0) is 11.2 Å². The first-order valence-electron chi connectivity index (χ1n) is 12.1. The number of hydrogen-bond acceptors (Lipinski definition) is 5. The van der Waals surface area contributed by atoms with Crippen LogP contribution >= 0.6 is 0 Å². The molecule has 186 valence electrons. The molecule has 0 atom stereocenters. The Hall–Kier alpha value is -3.48. The molecule has 1 aliphatic heterocycles. The summed E-state index contributed by atoms with van der Waals surface area (Å²) < 4.78 is 11.9. The molecule has 0 aliphatic carbocycles. The van der Waals surface area contributed by atoms with Crippen molar-refractivity contribution in [2.24, 2.45) is 0 Å². The molecule has 7 nitrogen and oxygen atoms in total. The van der Waals surface area contributed by atoms with E-state index >= 15 is 0 Å². The fraction of sp³-hybridized carbons (Fsp3) is 0.429. The Bertz CT molecular complexity index is 1220. The van der Waals surface area contributed by atoms with Gasteiger partial charge in [-0.2, -0.15) is 0 Å². The maximum absolute atomic E-state index is 13.1. The molecule has 2 heterocycles. The normalized spacial score (nSPS) is 14.3. The van der Waals surface area contributed by atoms with Crippen LogP contribution in [-0.4, -0.2) is 67.7 Å². The van der Waals surface area contributed by atoms with Gasteiger partial charge in [0, 0.05) is 57.6 Å². The van der Waals surface area contributed by atoms with Gasteiger partial charge in [-0.05, 0) is 51.0 Å². The van der Waals surface area contributed by atoms with Crippen molar-refractivity contribution in [3.05, 3.63) is 64.9 Å². The second kappa shape index (κ2) is 9.64. The summed E-state index contributed by atoms with van der Waals surface area (Å²) in [6.07, 6.45) is 0.325. The summed E-state index contributed by atoms with van der Waals surface area (Å²) in [7, 11) is 3.48. The first kappa shape index (κ1) is 24.6. The topological polar surface area (TPSA) is 66.2 Å². The molecule has 0 radical (unpaired) electrons. The molecule has 2 amide bonds. The van der Waals surface area contributed by atoms with Crippen molar-refractivity contribution in [1.29, 1.82) is 0 Å². The van der Waals surface area contributed by atoms with E-state index in [1.165, 1.54) is 0 Å². The van der Waals surface area contributed by atoms with Crippen LogP contribution in [0.4, 0.5) is 10.5 Å². The summed E-state index contributed by atoms with van der Waals surface area (Å²) in [5.41, 5.74) is 4.28. The summed E-state index contributed by atoms with van der Waals surface area (Å²) in [5, 5.41) is 0.962. The number of piperazine rings is 1. The maximum Gasteiger partial charge on any atom is 0.410 e. The molecular formula is C28H35N3O4. The third-order valence-electron chi connectivity index (χ3n) is 6.11. The molecule has 0 bridgehead atoms. The number of ether oxygens (including phenoxy) is 1. The Morgan fingerprint density at radius 3 is 2.29 bits per heavy atom. The number of anilines is 1. The van der Waals surface area contributed by atoms with E-state index in [1.807, 2.05) is 39.0 Å². The zero-order chi connectivity index (χ0) is 25.3. The lowest BCUT2D eigenvalue weighted by Gasteiger charge is -2.36. The van der Waals surface area contributed by atoms with Gasteiger partial charge in [-0.3, -0.25) is 4.79 Å². The number of carbonyl (C=O) groups excluding carboxylic acids is 2. The Morgan fingerprint density at radius 2 is 1.69 bits per heavy atom. The smallest absolute Gasteiger partial charge is 0.410 e. The number of benzene rings is 2. The zero-order valence-electron chi connectivity index (χ0n) is 21.6. The quantitative estimate of drug-likeness (QED) is 0.524. The van der Waals surface area contributed by atoms with Gasteiger partial charge in [0.2, 0.25) is 0 Å². The molecule has 7 heteroatoms. The lowest BCUT2D eigenvalue weighted by molar-refractivity contribution is 0.0240. The zero-order valence-corrected chi connectivity index (χ0v) is 21.6. The van der Waals surface area contributed by atoms with Crippen LogP contribution in [0.3, 0.4) is 0 Å². The van der Waals surface area contributed by atoms with Crippen LogP contribution in [0.2, 0.25) is 0 Å². The second-order valence-corrected chi connectivity index (χ2v) is 10.4. The van der Waals surface area contributed by atoms with E-state index in [4.69, 9.17) is 9.15 Å². The molecule has 1 fully saturated rings. The minimum atomic E-state index is -0.518. The van der Waals surface area contributed by atoms with Crippen LogP contribution in [0.1, 0.15) is 48.0 Å². The predicted molar refractivity (Wildman–Crippen MR) is 138 cm³/mol. The molecule has 1 aliphatic rings. The number of amides is 2. The van der Waals surface area contributed by atoms with E-state index in [9.17, 15) is 9.59 Å². The minimum absolute atomic E-state index is 0.148. The van der Waals surface area contributed by atoms with Gasteiger partial charge in [0.15, 0.2) is 11.3 Å². The Labute approximate surface area is 207 Å². The van der Waals surface area contributed by atoms with Gasteiger partial charge in [0.1, 0.15) is 5.60 Å². The Balaban J connectivity index is 1.69. The van der Waals surface area contributed by atoms with Gasteiger partial charge in [-0.25, -0.2) is 4.79 Å². The van der Waals surface area contributed by atoms with Gasteiger partial charge in [-0.1, -0.05) is 30.3 Å². The first-order valence-corrected chi connectivity index (χ1v) is 12.1. The molecule has 1 saturated heterocycles. The number of rotatable bonds is 4. The van der Waals surface area contributed by atoms with Crippen LogP contribution in [0.5, 0.6) is 0 Å². The molecule has 1 aromatic heterocycles. The molecule has 0 saturated carbocycles. The minimum Gasteiger partial charge on any atom is -0.448 e. The Kier molecular flexibility index (Phi) is 6.79. The number of fused-ring (bicyclic) bond motifs is 1. The van der Waals surface area contributed by atoms with Crippen LogP contribution in [0.25, 0.3) is 11.0 Å². The summed E-state index contributed by atoms with van der Waals surface area (Å²) >= 11 is 0. The van der Waals surface area contributed by atoms with Crippen LogP contribution in [0.15, 0.2) is 46.9 Å². The van der Waals surface area contributed by atoms with Gasteiger partial charge in [-0.15, -0.1) is 0 Å². The van der Waals surface area contributed by atoms with Crippen molar-refractivity contribution in [2.75, 3.05) is 45.2 Å². The molecule has 0 unspecified atom stereocenters. The summed E-state index contributed by atoms with van der Waals surface area (Å²) in [5.74, 6) is 0.235. The third kappa shape index (κ3) is 5.45. The fourth-order valence-corrected chi connectivity index (χ4v) is 4.41. The van der Waals surface area contributed by atoms with E-state index < -0.39 is 5.60 Å². The summed E-state index contributed by atoms with van der Waals surface area (Å²) in [6, 6.07) is 14.3. The second-order valence-electron chi connectivity index (χ2n) is 10.4. The van der Waals surface area contributed by atoms with E-state index in [0.29, 0.717) is 38.4 Å².